The third kappa shape index (κ3) is 5.41. The maximum Gasteiger partial charge on any atom is 0.373 e. The second-order valence-corrected chi connectivity index (χ2v) is 9.20. The number of rotatable bonds is 7. The highest BCUT2D eigenvalue weighted by molar-refractivity contribution is 8.18. The van der Waals surface area contributed by atoms with Gasteiger partial charge in [0.05, 0.1) is 40.2 Å². The number of benzene rings is 2. The van der Waals surface area contributed by atoms with E-state index in [-0.39, 0.29) is 45.4 Å². The summed E-state index contributed by atoms with van der Waals surface area (Å²) in [6, 6.07) is 15.1. The molecule has 0 aliphatic carbocycles. The Hall–Kier alpha value is -3.71. The number of nitrogens with zero attached hydrogens (tertiary/aromatic N) is 2. The maximum absolute atomic E-state index is 12.8. The summed E-state index contributed by atoms with van der Waals surface area (Å²) in [5, 5.41) is 9.14. The van der Waals surface area contributed by atoms with Gasteiger partial charge >= 0.3 is 5.97 Å². The Labute approximate surface area is 220 Å². The Morgan fingerprint density at radius 3 is 2.58 bits per heavy atom. The number of hydrogen-bond donors (Lipinski definition) is 0. The second-order valence-electron chi connectivity index (χ2n) is 7.40. The van der Waals surface area contributed by atoms with Gasteiger partial charge in [-0.15, -0.1) is 0 Å². The first-order valence-electron chi connectivity index (χ1n) is 10.3. The van der Waals surface area contributed by atoms with Gasteiger partial charge in [0.25, 0.3) is 11.1 Å². The third-order valence-corrected chi connectivity index (χ3v) is 6.53. The molecule has 3 aromatic rings. The van der Waals surface area contributed by atoms with Gasteiger partial charge in [0.2, 0.25) is 5.76 Å². The third-order valence-electron chi connectivity index (χ3n) is 5.06. The molecule has 11 heteroatoms. The molecule has 0 saturated carbocycles. The lowest BCUT2D eigenvalue weighted by Gasteiger charge is -2.12. The van der Waals surface area contributed by atoms with E-state index in [9.17, 15) is 19.6 Å². The van der Waals surface area contributed by atoms with Gasteiger partial charge in [-0.1, -0.05) is 41.4 Å². The zero-order chi connectivity index (χ0) is 25.8. The Kier molecular flexibility index (Phi) is 7.70. The molecule has 0 radical (unpaired) electrons. The molecule has 1 aliphatic rings. The van der Waals surface area contributed by atoms with Crippen molar-refractivity contribution in [1.29, 1.82) is 5.26 Å². The number of hydrogen-bond acceptors (Lipinski definition) is 8. The SMILES string of the molecule is COC(=O)c1ccc(CN2C(=O)S/C(=C/c3cc(Cl)c(OCc4ccccc4C#N)c(Cl)c3)C2=O)o1. The molecule has 2 aromatic carbocycles. The van der Waals surface area contributed by atoms with E-state index in [0.29, 0.717) is 16.7 Å². The first-order chi connectivity index (χ1) is 17.3. The largest absolute Gasteiger partial charge is 0.486 e. The first-order valence-corrected chi connectivity index (χ1v) is 11.9. The van der Waals surface area contributed by atoms with Crippen LogP contribution in [0.15, 0.2) is 57.9 Å². The summed E-state index contributed by atoms with van der Waals surface area (Å²) in [5.74, 6) is -0.731. The fourth-order valence-electron chi connectivity index (χ4n) is 3.32. The van der Waals surface area contributed by atoms with E-state index >= 15 is 0 Å². The molecule has 1 fully saturated rings. The van der Waals surface area contributed by atoms with E-state index in [1.165, 1.54) is 25.3 Å². The molecule has 36 heavy (non-hydrogen) atoms. The van der Waals surface area contributed by atoms with E-state index in [4.69, 9.17) is 32.4 Å². The van der Waals surface area contributed by atoms with Crippen molar-refractivity contribution in [3.8, 4) is 11.8 Å². The zero-order valence-electron chi connectivity index (χ0n) is 18.6. The molecular formula is C25H16Cl2N2O6S. The number of furan rings is 1. The Morgan fingerprint density at radius 1 is 1.17 bits per heavy atom. The minimum Gasteiger partial charge on any atom is -0.486 e. The average molecular weight is 543 g/mol. The number of halogens is 2. The first kappa shape index (κ1) is 25.4. The summed E-state index contributed by atoms with van der Waals surface area (Å²) >= 11 is 13.5. The fourth-order valence-corrected chi connectivity index (χ4v) is 4.77. The minimum atomic E-state index is -0.661. The van der Waals surface area contributed by atoms with Gasteiger partial charge in [0, 0.05) is 5.56 Å². The van der Waals surface area contributed by atoms with Crippen molar-refractivity contribution < 1.29 is 28.3 Å². The molecule has 1 aliphatic heterocycles. The van der Waals surface area contributed by atoms with E-state index in [2.05, 4.69) is 10.8 Å². The monoisotopic (exact) mass is 542 g/mol. The molecule has 8 nitrogen and oxygen atoms in total. The summed E-state index contributed by atoms with van der Waals surface area (Å²) in [4.78, 5) is 38.0. The number of carbonyl (C=O) groups is 3. The van der Waals surface area contributed by atoms with Gasteiger partial charge in [-0.2, -0.15) is 5.26 Å². The predicted octanol–water partition coefficient (Wildman–Crippen LogP) is 6.06. The molecule has 0 unspecified atom stereocenters. The zero-order valence-corrected chi connectivity index (χ0v) is 20.9. The molecule has 2 heterocycles. The lowest BCUT2D eigenvalue weighted by atomic mass is 10.1. The molecular weight excluding hydrogens is 527 g/mol. The Bertz CT molecular complexity index is 1420. The highest BCUT2D eigenvalue weighted by atomic mass is 35.5. The molecule has 0 bridgehead atoms. The smallest absolute Gasteiger partial charge is 0.373 e. The van der Waals surface area contributed by atoms with Gasteiger partial charge in [0.15, 0.2) is 5.75 Å². The predicted molar refractivity (Wildman–Crippen MR) is 134 cm³/mol. The van der Waals surface area contributed by atoms with Gasteiger partial charge < -0.3 is 13.9 Å². The van der Waals surface area contributed by atoms with Crippen LogP contribution in [-0.2, 0) is 22.7 Å². The van der Waals surface area contributed by atoms with Crippen LogP contribution in [0.25, 0.3) is 6.08 Å². The van der Waals surface area contributed by atoms with E-state index in [0.717, 1.165) is 16.7 Å². The van der Waals surface area contributed by atoms with Crippen LogP contribution in [0, 0.1) is 11.3 Å². The van der Waals surface area contributed by atoms with Crippen LogP contribution in [-0.4, -0.2) is 29.1 Å². The summed E-state index contributed by atoms with van der Waals surface area (Å²) in [7, 11) is 1.22. The van der Waals surface area contributed by atoms with Crippen LogP contribution in [0.5, 0.6) is 5.75 Å². The molecule has 0 spiro atoms. The van der Waals surface area contributed by atoms with E-state index < -0.39 is 17.1 Å². The van der Waals surface area contributed by atoms with Gasteiger partial charge in [-0.05, 0) is 53.7 Å². The van der Waals surface area contributed by atoms with Crippen LogP contribution >= 0.6 is 35.0 Å². The van der Waals surface area contributed by atoms with Crippen LogP contribution in [0.4, 0.5) is 4.79 Å². The fraction of sp³-hybridized carbons (Fsp3) is 0.120. The normalized spacial score (nSPS) is 14.3. The quantitative estimate of drug-likeness (QED) is 0.261. The van der Waals surface area contributed by atoms with E-state index in [1.54, 1.807) is 36.4 Å². The molecule has 4 rings (SSSR count). The van der Waals surface area contributed by atoms with Gasteiger partial charge in [-0.3, -0.25) is 14.5 Å². The van der Waals surface area contributed by atoms with Crippen LogP contribution < -0.4 is 4.74 Å². The average Bonchev–Trinajstić information content (AvgIpc) is 3.43. The van der Waals surface area contributed by atoms with Crippen molar-refractivity contribution >= 4 is 58.2 Å². The second kappa shape index (κ2) is 10.9. The molecule has 0 N–H and O–H groups in total. The lowest BCUT2D eigenvalue weighted by molar-refractivity contribution is -0.123. The standard InChI is InChI=1S/C25H16Cl2N2O6S/c1-33-24(31)20-7-6-17(35-20)12-29-23(30)21(36-25(29)32)10-14-8-18(26)22(19(27)9-14)34-13-16-5-3-2-4-15(16)11-28/h2-10H,12-13H2,1H3/b21-10+. The van der Waals surface area contributed by atoms with E-state index in [1.807, 2.05) is 0 Å². The molecule has 1 saturated heterocycles. The molecule has 182 valence electrons. The van der Waals surface area contributed by atoms with Crippen LogP contribution in [0.3, 0.4) is 0 Å². The molecule has 2 amide bonds. The van der Waals surface area contributed by atoms with Crippen molar-refractivity contribution in [3.05, 3.63) is 91.7 Å². The minimum absolute atomic E-state index is 0.0299. The van der Waals surface area contributed by atoms with Crippen molar-refractivity contribution in [1.82, 2.24) is 4.90 Å². The number of nitriles is 1. The molecule has 1 aromatic heterocycles. The number of carbonyl (C=O) groups excluding carboxylic acids is 3. The number of methoxy groups -OCH3 is 1. The lowest BCUT2D eigenvalue weighted by Crippen LogP contribution is -2.27. The highest BCUT2D eigenvalue weighted by Gasteiger charge is 2.36. The topological polar surface area (TPSA) is 110 Å². The maximum atomic E-state index is 12.8. The Balaban J connectivity index is 1.49. The van der Waals surface area contributed by atoms with Crippen LogP contribution in [0.1, 0.15) is 33.0 Å². The van der Waals surface area contributed by atoms with Crippen molar-refractivity contribution in [2.24, 2.45) is 0 Å². The number of imide groups is 1. The van der Waals surface area contributed by atoms with Crippen molar-refractivity contribution in [3.63, 3.8) is 0 Å². The van der Waals surface area contributed by atoms with Crippen LogP contribution in [0.2, 0.25) is 10.0 Å². The molecule has 0 atom stereocenters. The summed E-state index contributed by atoms with van der Waals surface area (Å²) in [6.07, 6.45) is 1.50. The summed E-state index contributed by atoms with van der Waals surface area (Å²) in [5.41, 5.74) is 1.65. The Morgan fingerprint density at radius 2 is 1.89 bits per heavy atom. The van der Waals surface area contributed by atoms with Crippen molar-refractivity contribution in [2.75, 3.05) is 7.11 Å². The summed E-state index contributed by atoms with van der Waals surface area (Å²) < 4.78 is 15.7. The number of esters is 1. The van der Waals surface area contributed by atoms with Gasteiger partial charge in [0.1, 0.15) is 12.4 Å². The highest BCUT2D eigenvalue weighted by Crippen LogP contribution is 2.38. The number of amides is 2. The number of thioether (sulfide) groups is 1. The summed E-state index contributed by atoms with van der Waals surface area (Å²) in [6.45, 7) is -0.0522. The van der Waals surface area contributed by atoms with Gasteiger partial charge in [-0.25, -0.2) is 4.79 Å². The number of ether oxygens (including phenoxy) is 2. The van der Waals surface area contributed by atoms with Crippen molar-refractivity contribution in [2.45, 2.75) is 13.2 Å².